The summed E-state index contributed by atoms with van der Waals surface area (Å²) in [5.74, 6) is 0. The number of rotatable bonds is 2. The summed E-state index contributed by atoms with van der Waals surface area (Å²) in [6, 6.07) is 0.181. The SMILES string of the molecule is CC(C)n1nc(Br)c(C=O)n1. The molecular formula is C6H8BrN3O. The highest BCUT2D eigenvalue weighted by Crippen LogP contribution is 2.10. The summed E-state index contributed by atoms with van der Waals surface area (Å²) >= 11 is 3.12. The summed E-state index contributed by atoms with van der Waals surface area (Å²) in [5.41, 5.74) is 0.346. The van der Waals surface area contributed by atoms with Gasteiger partial charge < -0.3 is 0 Å². The lowest BCUT2D eigenvalue weighted by molar-refractivity contribution is 0.111. The van der Waals surface area contributed by atoms with Crippen molar-refractivity contribution in [2.45, 2.75) is 19.9 Å². The van der Waals surface area contributed by atoms with Gasteiger partial charge in [-0.15, -0.1) is 10.2 Å². The Kier molecular flexibility index (Phi) is 2.38. The highest BCUT2D eigenvalue weighted by Gasteiger charge is 2.08. The van der Waals surface area contributed by atoms with Gasteiger partial charge in [-0.1, -0.05) is 0 Å². The summed E-state index contributed by atoms with van der Waals surface area (Å²) < 4.78 is 0.501. The van der Waals surface area contributed by atoms with Crippen LogP contribution in [0.4, 0.5) is 0 Å². The van der Waals surface area contributed by atoms with Gasteiger partial charge in [0.05, 0.1) is 6.04 Å². The number of hydrogen-bond donors (Lipinski definition) is 0. The van der Waals surface area contributed by atoms with Gasteiger partial charge in [-0.25, -0.2) is 0 Å². The predicted molar refractivity (Wildman–Crippen MR) is 43.5 cm³/mol. The molecule has 5 heteroatoms. The normalized spacial score (nSPS) is 10.5. The quantitative estimate of drug-likeness (QED) is 0.705. The van der Waals surface area contributed by atoms with E-state index in [1.54, 1.807) is 0 Å². The van der Waals surface area contributed by atoms with E-state index >= 15 is 0 Å². The monoisotopic (exact) mass is 217 g/mol. The number of carbonyl (C=O) groups is 1. The van der Waals surface area contributed by atoms with Crippen LogP contribution in [0.25, 0.3) is 0 Å². The topological polar surface area (TPSA) is 47.8 Å². The van der Waals surface area contributed by atoms with Crippen LogP contribution in [-0.4, -0.2) is 21.3 Å². The molecule has 0 fully saturated rings. The molecular weight excluding hydrogens is 210 g/mol. The molecule has 4 nitrogen and oxygen atoms in total. The number of halogens is 1. The molecule has 1 aromatic heterocycles. The minimum Gasteiger partial charge on any atom is -0.296 e. The number of nitrogens with zero attached hydrogens (tertiary/aromatic N) is 3. The highest BCUT2D eigenvalue weighted by atomic mass is 79.9. The van der Waals surface area contributed by atoms with Crippen LogP contribution in [-0.2, 0) is 0 Å². The van der Waals surface area contributed by atoms with Gasteiger partial charge in [-0.2, -0.15) is 4.80 Å². The lowest BCUT2D eigenvalue weighted by Gasteiger charge is -1.99. The molecule has 0 spiro atoms. The fourth-order valence-electron chi connectivity index (χ4n) is 0.618. The molecule has 0 N–H and O–H groups in total. The standard InChI is InChI=1S/C6H8BrN3O/c1-4(2)10-8-5(3-11)6(7)9-10/h3-4H,1-2H3. The maximum absolute atomic E-state index is 10.3. The van der Waals surface area contributed by atoms with E-state index in [4.69, 9.17) is 0 Å². The largest absolute Gasteiger partial charge is 0.296 e. The molecule has 0 atom stereocenters. The van der Waals surface area contributed by atoms with Crippen LogP contribution in [0.2, 0.25) is 0 Å². The van der Waals surface area contributed by atoms with E-state index < -0.39 is 0 Å². The summed E-state index contributed by atoms with van der Waals surface area (Å²) in [7, 11) is 0. The smallest absolute Gasteiger partial charge is 0.173 e. The molecule has 0 aromatic carbocycles. The summed E-state index contributed by atoms with van der Waals surface area (Å²) in [6.45, 7) is 3.89. The average molecular weight is 218 g/mol. The highest BCUT2D eigenvalue weighted by molar-refractivity contribution is 9.10. The van der Waals surface area contributed by atoms with Crippen LogP contribution in [0.5, 0.6) is 0 Å². The van der Waals surface area contributed by atoms with Crippen LogP contribution < -0.4 is 0 Å². The Balaban J connectivity index is 3.04. The zero-order valence-corrected chi connectivity index (χ0v) is 7.87. The second kappa shape index (κ2) is 3.13. The van der Waals surface area contributed by atoms with Gasteiger partial charge in [0, 0.05) is 0 Å². The van der Waals surface area contributed by atoms with Gasteiger partial charge >= 0.3 is 0 Å². The number of carbonyl (C=O) groups excluding carboxylic acids is 1. The van der Waals surface area contributed by atoms with Crippen molar-refractivity contribution in [3.05, 3.63) is 10.3 Å². The first-order valence-electron chi connectivity index (χ1n) is 3.22. The van der Waals surface area contributed by atoms with Crippen molar-refractivity contribution in [1.29, 1.82) is 0 Å². The van der Waals surface area contributed by atoms with Crippen molar-refractivity contribution in [3.63, 3.8) is 0 Å². The van der Waals surface area contributed by atoms with E-state index in [0.717, 1.165) is 0 Å². The van der Waals surface area contributed by atoms with E-state index in [2.05, 4.69) is 26.1 Å². The molecule has 0 radical (unpaired) electrons. The van der Waals surface area contributed by atoms with Gasteiger partial charge in [0.25, 0.3) is 0 Å². The molecule has 11 heavy (non-hydrogen) atoms. The fraction of sp³-hybridized carbons (Fsp3) is 0.500. The van der Waals surface area contributed by atoms with E-state index in [-0.39, 0.29) is 6.04 Å². The van der Waals surface area contributed by atoms with Crippen molar-refractivity contribution in [1.82, 2.24) is 15.0 Å². The van der Waals surface area contributed by atoms with Crippen LogP contribution in [0, 0.1) is 0 Å². The predicted octanol–water partition coefficient (Wildman–Crippen LogP) is 1.43. The number of aromatic nitrogens is 3. The minimum absolute atomic E-state index is 0.181. The van der Waals surface area contributed by atoms with Gasteiger partial charge in [0.15, 0.2) is 16.6 Å². The zero-order valence-electron chi connectivity index (χ0n) is 6.28. The van der Waals surface area contributed by atoms with Crippen molar-refractivity contribution in [2.75, 3.05) is 0 Å². The molecule has 0 bridgehead atoms. The summed E-state index contributed by atoms with van der Waals surface area (Å²) in [5, 5.41) is 7.89. The van der Waals surface area contributed by atoms with Gasteiger partial charge in [0.1, 0.15) is 0 Å². The Morgan fingerprint density at radius 3 is 2.45 bits per heavy atom. The molecule has 0 saturated heterocycles. The fourth-order valence-corrected chi connectivity index (χ4v) is 0.954. The van der Waals surface area contributed by atoms with Crippen LogP contribution in [0.1, 0.15) is 30.4 Å². The Labute approximate surface area is 72.7 Å². The lowest BCUT2D eigenvalue weighted by Crippen LogP contribution is -2.04. The van der Waals surface area contributed by atoms with Crippen LogP contribution in [0.3, 0.4) is 0 Å². The summed E-state index contributed by atoms with van der Waals surface area (Å²) in [4.78, 5) is 11.8. The molecule has 0 saturated carbocycles. The molecule has 0 aliphatic rings. The van der Waals surface area contributed by atoms with Crippen molar-refractivity contribution < 1.29 is 4.79 Å². The first-order valence-corrected chi connectivity index (χ1v) is 4.02. The molecule has 1 rings (SSSR count). The maximum Gasteiger partial charge on any atom is 0.173 e. The Morgan fingerprint density at radius 2 is 2.18 bits per heavy atom. The second-order valence-electron chi connectivity index (χ2n) is 2.41. The van der Waals surface area contributed by atoms with Crippen molar-refractivity contribution >= 4 is 22.2 Å². The third-order valence-electron chi connectivity index (χ3n) is 1.19. The van der Waals surface area contributed by atoms with E-state index in [1.807, 2.05) is 13.8 Å². The van der Waals surface area contributed by atoms with E-state index in [1.165, 1.54) is 4.80 Å². The molecule has 0 amide bonds. The third kappa shape index (κ3) is 1.65. The second-order valence-corrected chi connectivity index (χ2v) is 3.16. The van der Waals surface area contributed by atoms with Crippen molar-refractivity contribution in [2.24, 2.45) is 0 Å². The molecule has 0 unspecified atom stereocenters. The van der Waals surface area contributed by atoms with E-state index in [0.29, 0.717) is 16.6 Å². The summed E-state index contributed by atoms with van der Waals surface area (Å²) in [6.07, 6.45) is 0.677. The number of aldehydes is 1. The first-order chi connectivity index (χ1) is 5.15. The van der Waals surface area contributed by atoms with Crippen LogP contribution in [0.15, 0.2) is 4.60 Å². The molecule has 1 heterocycles. The molecule has 1 aromatic rings. The minimum atomic E-state index is 0.181. The van der Waals surface area contributed by atoms with Gasteiger partial charge in [0.2, 0.25) is 0 Å². The Hall–Kier alpha value is -0.710. The molecule has 0 aliphatic carbocycles. The van der Waals surface area contributed by atoms with Gasteiger partial charge in [-0.3, -0.25) is 4.79 Å². The first kappa shape index (κ1) is 8.39. The lowest BCUT2D eigenvalue weighted by atomic mass is 10.4. The van der Waals surface area contributed by atoms with E-state index in [9.17, 15) is 4.79 Å². The molecule has 60 valence electrons. The average Bonchev–Trinajstić information content (AvgIpc) is 2.31. The van der Waals surface area contributed by atoms with Gasteiger partial charge in [-0.05, 0) is 29.8 Å². The van der Waals surface area contributed by atoms with Crippen molar-refractivity contribution in [3.8, 4) is 0 Å². The Morgan fingerprint density at radius 1 is 1.55 bits per heavy atom. The van der Waals surface area contributed by atoms with Crippen LogP contribution >= 0.6 is 15.9 Å². The molecule has 0 aliphatic heterocycles. The Bertz CT molecular complexity index is 269. The maximum atomic E-state index is 10.3. The third-order valence-corrected chi connectivity index (χ3v) is 1.75. The number of hydrogen-bond acceptors (Lipinski definition) is 3. The zero-order chi connectivity index (χ0) is 8.43.